The fourth-order valence-electron chi connectivity index (χ4n) is 3.39. The summed E-state index contributed by atoms with van der Waals surface area (Å²) in [6.45, 7) is 2.35. The third-order valence-corrected chi connectivity index (χ3v) is 6.50. The molecule has 1 aliphatic rings. The van der Waals surface area contributed by atoms with Crippen LogP contribution in [0.4, 0.5) is 0 Å². The number of methoxy groups -OCH3 is 1. The van der Waals surface area contributed by atoms with Crippen LogP contribution in [0.1, 0.15) is 44.1 Å². The maximum atomic E-state index is 12.3. The van der Waals surface area contributed by atoms with Crippen molar-refractivity contribution in [3.05, 3.63) is 29.8 Å². The van der Waals surface area contributed by atoms with E-state index in [4.69, 9.17) is 9.47 Å². The second-order valence-electron chi connectivity index (χ2n) is 7.37. The number of hydrogen-bond donors (Lipinski definition) is 3. The molecule has 0 radical (unpaired) electrons. The molecular formula is C21H37IN4O4S. The molecule has 31 heavy (non-hydrogen) atoms. The molecule has 0 saturated heterocycles. The van der Waals surface area contributed by atoms with Gasteiger partial charge in [-0.3, -0.25) is 4.99 Å². The van der Waals surface area contributed by atoms with Crippen LogP contribution in [0.25, 0.3) is 0 Å². The minimum absolute atomic E-state index is 0. The highest BCUT2D eigenvalue weighted by molar-refractivity contribution is 14.0. The van der Waals surface area contributed by atoms with Gasteiger partial charge in [-0.1, -0.05) is 37.8 Å². The van der Waals surface area contributed by atoms with E-state index >= 15 is 0 Å². The van der Waals surface area contributed by atoms with Crippen molar-refractivity contribution in [2.75, 3.05) is 40.5 Å². The van der Waals surface area contributed by atoms with Gasteiger partial charge in [-0.15, -0.1) is 24.0 Å². The average Bonchev–Trinajstić information content (AvgIpc) is 3.02. The van der Waals surface area contributed by atoms with Crippen molar-refractivity contribution < 1.29 is 17.9 Å². The van der Waals surface area contributed by atoms with Crippen LogP contribution in [-0.4, -0.2) is 60.9 Å². The molecular weight excluding hydrogens is 531 g/mol. The molecule has 8 nitrogen and oxygen atoms in total. The van der Waals surface area contributed by atoms with E-state index in [0.29, 0.717) is 38.4 Å². The predicted molar refractivity (Wildman–Crippen MR) is 135 cm³/mol. The van der Waals surface area contributed by atoms with Crippen LogP contribution in [0.5, 0.6) is 0 Å². The fraction of sp³-hybridized carbons (Fsp3) is 0.667. The third-order valence-electron chi connectivity index (χ3n) is 5.04. The van der Waals surface area contributed by atoms with Crippen LogP contribution < -0.4 is 15.4 Å². The molecule has 1 aliphatic carbocycles. The first-order valence-electron chi connectivity index (χ1n) is 10.7. The van der Waals surface area contributed by atoms with Gasteiger partial charge in [-0.25, -0.2) is 13.1 Å². The van der Waals surface area contributed by atoms with E-state index < -0.39 is 10.0 Å². The van der Waals surface area contributed by atoms with Gasteiger partial charge in [0.25, 0.3) is 0 Å². The van der Waals surface area contributed by atoms with Gasteiger partial charge in [0.05, 0.1) is 24.2 Å². The number of nitrogens with one attached hydrogen (secondary N) is 3. The number of hydrogen-bond acceptors (Lipinski definition) is 5. The highest BCUT2D eigenvalue weighted by Crippen LogP contribution is 2.19. The number of rotatable bonds is 11. The largest absolute Gasteiger partial charge is 0.383 e. The maximum absolute atomic E-state index is 12.3. The Labute approximate surface area is 204 Å². The fourth-order valence-corrected chi connectivity index (χ4v) is 4.48. The van der Waals surface area contributed by atoms with Crippen LogP contribution in [-0.2, 0) is 26.0 Å². The zero-order valence-corrected chi connectivity index (χ0v) is 21.7. The lowest BCUT2D eigenvalue weighted by Crippen LogP contribution is -2.39. The van der Waals surface area contributed by atoms with Gasteiger partial charge >= 0.3 is 0 Å². The summed E-state index contributed by atoms with van der Waals surface area (Å²) in [5.74, 6) is 0.658. The lowest BCUT2D eigenvalue weighted by Gasteiger charge is -2.17. The number of ether oxygens (including phenoxy) is 2. The van der Waals surface area contributed by atoms with E-state index in [2.05, 4.69) is 20.3 Å². The topological polar surface area (TPSA) is 101 Å². The number of aliphatic imine (C=N–C) groups is 1. The second kappa shape index (κ2) is 15.8. The third kappa shape index (κ3) is 11.0. The first-order chi connectivity index (χ1) is 14.5. The molecule has 0 amide bonds. The van der Waals surface area contributed by atoms with Gasteiger partial charge in [0.2, 0.25) is 10.0 Å². The summed E-state index contributed by atoms with van der Waals surface area (Å²) in [6.07, 6.45) is 7.86. The van der Waals surface area contributed by atoms with Crippen molar-refractivity contribution >= 4 is 40.0 Å². The Morgan fingerprint density at radius 1 is 1.10 bits per heavy atom. The van der Waals surface area contributed by atoms with Crippen LogP contribution in [0.2, 0.25) is 0 Å². The summed E-state index contributed by atoms with van der Waals surface area (Å²) in [5.41, 5.74) is 0.849. The Kier molecular flexibility index (Phi) is 14.3. The zero-order chi connectivity index (χ0) is 21.7. The van der Waals surface area contributed by atoms with Crippen LogP contribution in [0.15, 0.2) is 34.2 Å². The van der Waals surface area contributed by atoms with Gasteiger partial charge in [-0.05, 0) is 30.5 Å². The van der Waals surface area contributed by atoms with E-state index in [1.807, 2.05) is 6.07 Å². The predicted octanol–water partition coefficient (Wildman–Crippen LogP) is 2.63. The number of halogens is 1. The molecule has 0 heterocycles. The molecule has 178 valence electrons. The maximum Gasteiger partial charge on any atom is 0.240 e. The zero-order valence-electron chi connectivity index (χ0n) is 18.6. The molecule has 1 saturated carbocycles. The molecule has 0 aliphatic heterocycles. The van der Waals surface area contributed by atoms with Gasteiger partial charge in [0, 0.05) is 33.8 Å². The highest BCUT2D eigenvalue weighted by Gasteiger charge is 2.14. The number of sulfonamides is 1. The van der Waals surface area contributed by atoms with Crippen molar-refractivity contribution in [1.82, 2.24) is 15.4 Å². The first kappa shape index (κ1) is 28.1. The normalized spacial score (nSPS) is 15.7. The molecule has 1 aromatic rings. The SMILES string of the molecule is CN=C(NCCOC1CCCCCC1)NCc1cccc(S(=O)(=O)NCCOC)c1.I. The van der Waals surface area contributed by atoms with Crippen LogP contribution >= 0.6 is 24.0 Å². The van der Waals surface area contributed by atoms with E-state index in [1.54, 1.807) is 25.2 Å². The van der Waals surface area contributed by atoms with Crippen molar-refractivity contribution in [2.24, 2.45) is 4.99 Å². The standard InChI is InChI=1S/C21H36N4O4S.HI/c1-22-21(23-12-15-29-19-9-5-3-4-6-10-19)24-17-18-8-7-11-20(16-18)30(26,27)25-13-14-28-2;/h7-8,11,16,19,25H,3-6,9-10,12-15,17H2,1-2H3,(H2,22,23,24);1H. The van der Waals surface area contributed by atoms with Crippen LogP contribution in [0.3, 0.4) is 0 Å². The summed E-state index contributed by atoms with van der Waals surface area (Å²) in [7, 11) is -0.307. The molecule has 0 spiro atoms. The number of benzene rings is 1. The quantitative estimate of drug-likeness (QED) is 0.125. The molecule has 1 fully saturated rings. The lowest BCUT2D eigenvalue weighted by molar-refractivity contribution is 0.0468. The Balaban J connectivity index is 0.00000480. The lowest BCUT2D eigenvalue weighted by atomic mass is 10.1. The van der Waals surface area contributed by atoms with Gasteiger partial charge in [-0.2, -0.15) is 0 Å². The van der Waals surface area contributed by atoms with E-state index in [-0.39, 0.29) is 35.4 Å². The molecule has 10 heteroatoms. The second-order valence-corrected chi connectivity index (χ2v) is 9.14. The Morgan fingerprint density at radius 2 is 1.84 bits per heavy atom. The van der Waals surface area contributed by atoms with Gasteiger partial charge < -0.3 is 20.1 Å². The van der Waals surface area contributed by atoms with Crippen molar-refractivity contribution in [2.45, 2.75) is 56.1 Å². The molecule has 0 atom stereocenters. The molecule has 0 bridgehead atoms. The Morgan fingerprint density at radius 3 is 2.52 bits per heavy atom. The smallest absolute Gasteiger partial charge is 0.240 e. The monoisotopic (exact) mass is 568 g/mol. The summed E-state index contributed by atoms with van der Waals surface area (Å²) < 4.78 is 38.1. The van der Waals surface area contributed by atoms with Gasteiger partial charge in [0.15, 0.2) is 5.96 Å². The molecule has 2 rings (SSSR count). The Bertz CT molecular complexity index is 754. The number of nitrogens with zero attached hydrogens (tertiary/aromatic N) is 1. The summed E-state index contributed by atoms with van der Waals surface area (Å²) in [6, 6.07) is 6.85. The van der Waals surface area contributed by atoms with Crippen LogP contribution in [0, 0.1) is 0 Å². The molecule has 0 unspecified atom stereocenters. The van der Waals surface area contributed by atoms with E-state index in [0.717, 1.165) is 18.4 Å². The summed E-state index contributed by atoms with van der Waals surface area (Å²) in [4.78, 5) is 4.45. The van der Waals surface area contributed by atoms with Crippen molar-refractivity contribution in [1.29, 1.82) is 0 Å². The van der Waals surface area contributed by atoms with Gasteiger partial charge in [0.1, 0.15) is 0 Å². The van der Waals surface area contributed by atoms with Crippen molar-refractivity contribution in [3.63, 3.8) is 0 Å². The molecule has 0 aromatic heterocycles. The Hall–Kier alpha value is -0.950. The average molecular weight is 569 g/mol. The highest BCUT2D eigenvalue weighted by atomic mass is 127. The molecule has 3 N–H and O–H groups in total. The van der Waals surface area contributed by atoms with E-state index in [9.17, 15) is 8.42 Å². The summed E-state index contributed by atoms with van der Waals surface area (Å²) >= 11 is 0. The van der Waals surface area contributed by atoms with E-state index in [1.165, 1.54) is 32.8 Å². The molecule has 1 aromatic carbocycles. The van der Waals surface area contributed by atoms with Crippen molar-refractivity contribution in [3.8, 4) is 0 Å². The minimum Gasteiger partial charge on any atom is -0.383 e. The number of guanidine groups is 1. The minimum atomic E-state index is -3.55. The first-order valence-corrected chi connectivity index (χ1v) is 12.2. The summed E-state index contributed by atoms with van der Waals surface area (Å²) in [5, 5.41) is 6.46.